The smallest absolute Gasteiger partial charge is 0.463 e. The second-order valence-electron chi connectivity index (χ2n) is 26.8. The summed E-state index contributed by atoms with van der Waals surface area (Å²) in [6.45, 7) is 2.37. The monoisotopic (exact) mass is 1530 g/mol. The maximum atomic E-state index is 13.0. The van der Waals surface area contributed by atoms with Crippen LogP contribution in [0.4, 0.5) is 0 Å². The number of ether oxygens (including phenoxy) is 3. The molecule has 0 saturated carbocycles. The molecule has 0 amide bonds. The fraction of sp³-hybridized carbons (Fsp3) is 0.629. The molecule has 0 aliphatic rings. The molecule has 4 N–H and O–H groups in total. The van der Waals surface area contributed by atoms with Gasteiger partial charge in [-0.25, -0.2) is 9.13 Å². The second kappa shape index (κ2) is 80.2. The Morgan fingerprint density at radius 2 is 0.495 bits per heavy atom. The predicted octanol–water partition coefficient (Wildman–Crippen LogP) is 24.5. The van der Waals surface area contributed by atoms with Crippen molar-refractivity contribution in [1.82, 2.24) is 0 Å². The zero-order valence-electron chi connectivity index (χ0n) is 66.5. The Hall–Kier alpha value is -5.35. The van der Waals surface area contributed by atoms with Crippen LogP contribution >= 0.6 is 15.6 Å². The minimum Gasteiger partial charge on any atom is -0.463 e. The van der Waals surface area contributed by atoms with Gasteiger partial charge in [-0.1, -0.05) is 306 Å². The summed E-state index contributed by atoms with van der Waals surface area (Å²) in [6.07, 6.45) is 103. The van der Waals surface area contributed by atoms with Gasteiger partial charge in [0.15, 0.2) is 6.10 Å². The highest BCUT2D eigenvalue weighted by Crippen LogP contribution is 2.45. The Morgan fingerprint density at radius 1 is 0.271 bits per heavy atom. The van der Waals surface area contributed by atoms with E-state index in [0.717, 1.165) is 193 Å². The molecule has 0 aliphatic heterocycles. The normalized spacial score (nSPS) is 14.9. The van der Waals surface area contributed by atoms with Crippen molar-refractivity contribution in [2.24, 2.45) is 0 Å². The number of hydrogen-bond acceptors (Lipinski definition) is 14. The third kappa shape index (κ3) is 81.5. The number of unbranched alkanes of at least 4 members (excludes halogenated alkanes) is 23. The number of phosphoric acid groups is 2. The molecule has 0 fully saturated rings. The average molecular weight is 1530 g/mol. The van der Waals surface area contributed by atoms with E-state index in [2.05, 4.69) is 203 Å². The van der Waals surface area contributed by atoms with E-state index in [0.29, 0.717) is 19.3 Å². The first-order valence-corrected chi connectivity index (χ1v) is 44.1. The van der Waals surface area contributed by atoms with Crippen molar-refractivity contribution in [1.29, 1.82) is 0 Å². The Bertz CT molecular complexity index is 2670. The summed E-state index contributed by atoms with van der Waals surface area (Å²) in [4.78, 5) is 58.8. The van der Waals surface area contributed by atoms with Gasteiger partial charge in [-0.3, -0.25) is 32.5 Å². The molecular formula is C89H146O16P2. The van der Waals surface area contributed by atoms with E-state index in [1.807, 2.05) is 0 Å². The summed E-state index contributed by atoms with van der Waals surface area (Å²) < 4.78 is 61.2. The molecule has 16 nitrogen and oxygen atoms in total. The molecule has 0 aromatic carbocycles. The predicted molar refractivity (Wildman–Crippen MR) is 445 cm³/mol. The van der Waals surface area contributed by atoms with E-state index in [1.165, 1.54) is 51.4 Å². The summed E-state index contributed by atoms with van der Waals surface area (Å²) in [7, 11) is -9.82. The van der Waals surface area contributed by atoms with Gasteiger partial charge < -0.3 is 34.2 Å². The zero-order valence-corrected chi connectivity index (χ0v) is 68.3. The number of carbonyl (C=O) groups is 3. The molecule has 0 spiro atoms. The third-order valence-electron chi connectivity index (χ3n) is 16.6. The first kappa shape index (κ1) is 102. The summed E-state index contributed by atoms with van der Waals surface area (Å²) in [5.74, 6) is -1.63. The lowest BCUT2D eigenvalue weighted by atomic mass is 10.1. The minimum absolute atomic E-state index is 0.0723. The highest BCUT2D eigenvalue weighted by molar-refractivity contribution is 7.47. The number of aliphatic hydroxyl groups excluding tert-OH is 2. The molecule has 18 heteroatoms. The van der Waals surface area contributed by atoms with Crippen molar-refractivity contribution in [2.45, 2.75) is 322 Å². The maximum Gasteiger partial charge on any atom is 0.472 e. The Balaban J connectivity index is 4.67. The van der Waals surface area contributed by atoms with Crippen molar-refractivity contribution in [3.8, 4) is 0 Å². The quantitative estimate of drug-likeness (QED) is 0.0146. The van der Waals surface area contributed by atoms with Gasteiger partial charge in [0.1, 0.15) is 25.4 Å². The van der Waals surface area contributed by atoms with Crippen LogP contribution in [-0.2, 0) is 55.8 Å². The van der Waals surface area contributed by atoms with E-state index >= 15 is 0 Å². The number of aliphatic hydroxyl groups is 2. The lowest BCUT2D eigenvalue weighted by Gasteiger charge is -2.21. The van der Waals surface area contributed by atoms with E-state index in [4.69, 9.17) is 32.3 Å². The number of esters is 3. The Labute approximate surface area is 649 Å². The molecule has 0 heterocycles. The molecule has 0 aromatic heterocycles. The van der Waals surface area contributed by atoms with Crippen LogP contribution in [-0.4, -0.2) is 95.9 Å². The highest BCUT2D eigenvalue weighted by atomic mass is 31.2. The zero-order chi connectivity index (χ0) is 78.0. The first-order chi connectivity index (χ1) is 52.2. The Kier molecular flexibility index (Phi) is 76.2. The molecule has 0 radical (unpaired) electrons. The molecule has 0 aliphatic carbocycles. The van der Waals surface area contributed by atoms with E-state index in [1.54, 1.807) is 0 Å². The number of allylic oxidation sites excluding steroid dienone is 30. The molecule has 5 unspecified atom stereocenters. The number of rotatable bonds is 76. The lowest BCUT2D eigenvalue weighted by Crippen LogP contribution is -2.30. The fourth-order valence-corrected chi connectivity index (χ4v) is 12.0. The van der Waals surface area contributed by atoms with Crippen LogP contribution in [0.2, 0.25) is 0 Å². The first-order valence-electron chi connectivity index (χ1n) is 41.1. The number of phosphoric ester groups is 2. The van der Waals surface area contributed by atoms with Crippen LogP contribution in [0.3, 0.4) is 0 Å². The van der Waals surface area contributed by atoms with Gasteiger partial charge >= 0.3 is 33.6 Å². The van der Waals surface area contributed by atoms with Crippen molar-refractivity contribution in [3.05, 3.63) is 182 Å². The van der Waals surface area contributed by atoms with Gasteiger partial charge in [-0.15, -0.1) is 0 Å². The molecule has 0 bridgehead atoms. The van der Waals surface area contributed by atoms with Crippen LogP contribution in [0.5, 0.6) is 0 Å². The molecule has 0 aromatic rings. The summed E-state index contributed by atoms with van der Waals surface area (Å²) in [6, 6.07) is 0. The minimum atomic E-state index is -4.95. The summed E-state index contributed by atoms with van der Waals surface area (Å²) in [5, 5.41) is 20.7. The van der Waals surface area contributed by atoms with E-state index < -0.39 is 91.5 Å². The topological polar surface area (TPSA) is 231 Å². The summed E-state index contributed by atoms with van der Waals surface area (Å²) in [5.41, 5.74) is 0. The highest BCUT2D eigenvalue weighted by Gasteiger charge is 2.29. The lowest BCUT2D eigenvalue weighted by molar-refractivity contribution is -0.161. The number of hydrogen-bond donors (Lipinski definition) is 4. The largest absolute Gasteiger partial charge is 0.472 e. The van der Waals surface area contributed by atoms with E-state index in [-0.39, 0.29) is 19.3 Å². The van der Waals surface area contributed by atoms with Crippen molar-refractivity contribution in [2.75, 3.05) is 39.6 Å². The van der Waals surface area contributed by atoms with Crippen LogP contribution in [0.25, 0.3) is 0 Å². The standard InChI is InChI=1S/C89H146O16P2/c1-4-7-10-13-16-19-22-25-28-31-34-37-38-39-40-41-42-43-44-47-49-51-54-57-60-63-66-69-72-75-87(92)99-78-84(90)79-101-106(95,96)102-80-85(91)81-103-107(97,98)104-83-86(105-89(94)77-74-71-68-65-62-59-56-53-50-46-36-33-30-27-24-21-18-15-12-9-6-3)82-100-88(93)76-73-70-67-64-61-58-55-52-48-45-35-32-29-26-23-20-17-14-11-8-5-2/h7-8,10-11,16-21,25-30,34-37,39-40,42-43,45-46,52-53,55-56,84-86,90-91H,4-6,9,12-15,22-24,31-33,38,41,44,47-51,54,57-83H2,1-3H3,(H,95,96)(H,97,98)/b10-7-,11-8-,19-16-,20-17-,21-18-,28-25-,29-26-,30-27-,37-34-,40-39-,43-42-,45-35-,46-36-,55-52-,56-53-. The van der Waals surface area contributed by atoms with Crippen LogP contribution in [0, 0.1) is 0 Å². The SMILES string of the molecule is CC/C=C\C/C=C\C/C=C\C/C=C\C/C=C\C/C=C\CCCCCCCCCCCCC(=O)OCC(O)COP(=O)(O)OCC(O)COP(=O)(O)OCC(COC(=O)CCCCCCC/C=C\C/C=C\C/C=C\C/C=C\C/C=C\CC)OC(=O)CCCCCCC/C=C\C/C=C\C/C=C\C/C=C\CCCCC. The maximum absolute atomic E-state index is 13.0. The van der Waals surface area contributed by atoms with Gasteiger partial charge in [0.2, 0.25) is 0 Å². The van der Waals surface area contributed by atoms with Gasteiger partial charge in [0, 0.05) is 19.3 Å². The fourth-order valence-electron chi connectivity index (χ4n) is 10.4. The third-order valence-corrected chi connectivity index (χ3v) is 18.5. The van der Waals surface area contributed by atoms with Crippen molar-refractivity contribution >= 4 is 33.6 Å². The molecule has 608 valence electrons. The van der Waals surface area contributed by atoms with Gasteiger partial charge in [0.05, 0.1) is 26.4 Å². The summed E-state index contributed by atoms with van der Waals surface area (Å²) >= 11 is 0. The molecule has 0 rings (SSSR count). The van der Waals surface area contributed by atoms with Gasteiger partial charge in [-0.05, 0) is 161 Å². The van der Waals surface area contributed by atoms with E-state index in [9.17, 15) is 43.5 Å². The average Bonchev–Trinajstić information content (AvgIpc) is 0.907. The molecule has 107 heavy (non-hydrogen) atoms. The van der Waals surface area contributed by atoms with Gasteiger partial charge in [0.25, 0.3) is 0 Å². The Morgan fingerprint density at radius 3 is 0.785 bits per heavy atom. The second-order valence-corrected chi connectivity index (χ2v) is 29.7. The van der Waals surface area contributed by atoms with Crippen molar-refractivity contribution in [3.63, 3.8) is 0 Å². The van der Waals surface area contributed by atoms with Crippen LogP contribution in [0.1, 0.15) is 303 Å². The van der Waals surface area contributed by atoms with Crippen molar-refractivity contribution < 1.29 is 75.8 Å². The van der Waals surface area contributed by atoms with Gasteiger partial charge in [-0.2, -0.15) is 0 Å². The van der Waals surface area contributed by atoms with Crippen LogP contribution < -0.4 is 0 Å². The molecular weight excluding hydrogens is 1390 g/mol. The van der Waals surface area contributed by atoms with Crippen LogP contribution in [0.15, 0.2) is 182 Å². The molecule has 0 saturated heterocycles. The number of carbonyl (C=O) groups excluding carboxylic acids is 3. The molecule has 5 atom stereocenters.